The van der Waals surface area contributed by atoms with Crippen LogP contribution < -0.4 is 10.5 Å². The van der Waals surface area contributed by atoms with Gasteiger partial charge in [-0.1, -0.05) is 12.1 Å². The molecule has 0 bridgehead atoms. The van der Waals surface area contributed by atoms with Crippen LogP contribution in [0.15, 0.2) is 51.8 Å². The number of hydrogen-bond donors (Lipinski definition) is 2. The van der Waals surface area contributed by atoms with Gasteiger partial charge >= 0.3 is 0 Å². The van der Waals surface area contributed by atoms with Crippen molar-refractivity contribution < 1.29 is 8.42 Å². The van der Waals surface area contributed by atoms with Crippen molar-refractivity contribution >= 4 is 37.3 Å². The van der Waals surface area contributed by atoms with Gasteiger partial charge in [-0.2, -0.15) is 5.26 Å². The molecule has 21 heavy (non-hydrogen) atoms. The van der Waals surface area contributed by atoms with E-state index in [-0.39, 0.29) is 11.3 Å². The van der Waals surface area contributed by atoms with Gasteiger partial charge in [0, 0.05) is 10.2 Å². The summed E-state index contributed by atoms with van der Waals surface area (Å²) in [7, 11) is -3.70. The van der Waals surface area contributed by atoms with E-state index in [0.717, 1.165) is 5.56 Å². The molecule has 0 aliphatic rings. The number of nitriles is 1. The Morgan fingerprint density at radius 3 is 2.48 bits per heavy atom. The average molecular weight is 366 g/mol. The number of hydrogen-bond acceptors (Lipinski definition) is 4. The van der Waals surface area contributed by atoms with E-state index in [1.165, 1.54) is 18.2 Å². The van der Waals surface area contributed by atoms with Crippen LogP contribution >= 0.6 is 15.9 Å². The lowest BCUT2D eigenvalue weighted by Gasteiger charge is -2.10. The van der Waals surface area contributed by atoms with Gasteiger partial charge in [0.15, 0.2) is 0 Å². The predicted molar refractivity (Wildman–Crippen MR) is 85.1 cm³/mol. The molecule has 0 saturated heterocycles. The lowest BCUT2D eigenvalue weighted by molar-refractivity contribution is 0.601. The van der Waals surface area contributed by atoms with Crippen LogP contribution in [0, 0.1) is 11.3 Å². The van der Waals surface area contributed by atoms with Gasteiger partial charge < -0.3 is 5.73 Å². The molecule has 0 amide bonds. The Bertz CT molecular complexity index is 796. The smallest absolute Gasteiger partial charge is 0.261 e. The van der Waals surface area contributed by atoms with Gasteiger partial charge in [-0.25, -0.2) is 8.42 Å². The monoisotopic (exact) mass is 365 g/mol. The highest BCUT2D eigenvalue weighted by atomic mass is 79.9. The highest BCUT2D eigenvalue weighted by Crippen LogP contribution is 2.27. The Labute approximate surface area is 131 Å². The van der Waals surface area contributed by atoms with Crippen molar-refractivity contribution in [3.8, 4) is 6.07 Å². The fourth-order valence-electron chi connectivity index (χ4n) is 1.70. The Morgan fingerprint density at radius 1 is 1.19 bits per heavy atom. The molecule has 2 aromatic carbocycles. The van der Waals surface area contributed by atoms with Gasteiger partial charge in [-0.3, -0.25) is 4.72 Å². The molecule has 5 nitrogen and oxygen atoms in total. The molecule has 108 valence electrons. The fraction of sp³-hybridized carbons (Fsp3) is 0.0714. The highest BCUT2D eigenvalue weighted by molar-refractivity contribution is 9.10. The van der Waals surface area contributed by atoms with Crippen LogP contribution in [0.5, 0.6) is 0 Å². The first-order valence-electron chi connectivity index (χ1n) is 5.96. The molecule has 0 spiro atoms. The number of rotatable bonds is 4. The van der Waals surface area contributed by atoms with Crippen molar-refractivity contribution in [2.75, 3.05) is 10.5 Å². The number of nitrogen functional groups attached to an aromatic ring is 1. The largest absolute Gasteiger partial charge is 0.399 e. The summed E-state index contributed by atoms with van der Waals surface area (Å²) in [6.07, 6.45) is 0.245. The summed E-state index contributed by atoms with van der Waals surface area (Å²) in [5.74, 6) is 0. The van der Waals surface area contributed by atoms with Gasteiger partial charge in [0.25, 0.3) is 10.0 Å². The van der Waals surface area contributed by atoms with Crippen LogP contribution in [0.2, 0.25) is 0 Å². The SMILES string of the molecule is N#CCc1ccc(S(=O)(=O)Nc2cc(N)ccc2Br)cc1. The third-order valence-electron chi connectivity index (χ3n) is 2.75. The van der Waals surface area contributed by atoms with Crippen molar-refractivity contribution in [2.45, 2.75) is 11.3 Å². The topological polar surface area (TPSA) is 96.0 Å². The van der Waals surface area contributed by atoms with E-state index < -0.39 is 10.0 Å². The normalized spacial score (nSPS) is 10.9. The lowest BCUT2D eigenvalue weighted by atomic mass is 10.2. The van der Waals surface area contributed by atoms with E-state index in [1.54, 1.807) is 24.3 Å². The molecule has 0 atom stereocenters. The second-order valence-electron chi connectivity index (χ2n) is 4.32. The van der Waals surface area contributed by atoms with Gasteiger partial charge in [-0.15, -0.1) is 0 Å². The third kappa shape index (κ3) is 3.74. The van der Waals surface area contributed by atoms with E-state index >= 15 is 0 Å². The molecule has 2 rings (SSSR count). The first kappa shape index (κ1) is 15.4. The van der Waals surface area contributed by atoms with Crippen molar-refractivity contribution in [3.63, 3.8) is 0 Å². The van der Waals surface area contributed by atoms with E-state index in [9.17, 15) is 8.42 Å². The summed E-state index contributed by atoms with van der Waals surface area (Å²) in [4.78, 5) is 0.124. The van der Waals surface area contributed by atoms with Crippen molar-refractivity contribution in [3.05, 3.63) is 52.5 Å². The molecule has 0 aliphatic carbocycles. The molecule has 2 aromatic rings. The van der Waals surface area contributed by atoms with Crippen LogP contribution in [0.4, 0.5) is 11.4 Å². The molecule has 0 unspecified atom stereocenters. The van der Waals surface area contributed by atoms with Crippen LogP contribution in [-0.4, -0.2) is 8.42 Å². The van der Waals surface area contributed by atoms with Gasteiger partial charge in [0.1, 0.15) is 0 Å². The van der Waals surface area contributed by atoms with Gasteiger partial charge in [-0.05, 0) is 51.8 Å². The molecular formula is C14H12BrN3O2S. The van der Waals surface area contributed by atoms with Crippen molar-refractivity contribution in [1.82, 2.24) is 0 Å². The minimum Gasteiger partial charge on any atom is -0.399 e. The van der Waals surface area contributed by atoms with Crippen LogP contribution in [0.25, 0.3) is 0 Å². The van der Waals surface area contributed by atoms with E-state index in [0.29, 0.717) is 15.8 Å². The number of halogens is 1. The number of anilines is 2. The molecular weight excluding hydrogens is 354 g/mol. The summed E-state index contributed by atoms with van der Waals surface area (Å²) in [5, 5.41) is 8.60. The average Bonchev–Trinajstić information content (AvgIpc) is 2.44. The van der Waals surface area contributed by atoms with Gasteiger partial charge in [0.2, 0.25) is 0 Å². The summed E-state index contributed by atoms with van der Waals surface area (Å²) < 4.78 is 27.7. The molecule has 0 fully saturated rings. The quantitative estimate of drug-likeness (QED) is 0.814. The Kier molecular flexibility index (Phi) is 4.50. The van der Waals surface area contributed by atoms with Gasteiger partial charge in [0.05, 0.1) is 23.1 Å². The minimum absolute atomic E-state index is 0.124. The van der Waals surface area contributed by atoms with Crippen LogP contribution in [0.1, 0.15) is 5.56 Å². The molecule has 0 saturated carbocycles. The third-order valence-corrected chi connectivity index (χ3v) is 4.82. The summed E-state index contributed by atoms with van der Waals surface area (Å²) in [6, 6.07) is 13.0. The van der Waals surface area contributed by atoms with E-state index in [4.69, 9.17) is 11.0 Å². The maximum atomic E-state index is 12.3. The number of nitrogens with zero attached hydrogens (tertiary/aromatic N) is 1. The highest BCUT2D eigenvalue weighted by Gasteiger charge is 2.15. The van der Waals surface area contributed by atoms with Crippen LogP contribution in [-0.2, 0) is 16.4 Å². The zero-order valence-electron chi connectivity index (χ0n) is 10.9. The van der Waals surface area contributed by atoms with E-state index in [2.05, 4.69) is 20.7 Å². The maximum absolute atomic E-state index is 12.3. The second kappa shape index (κ2) is 6.16. The number of nitrogens with two attached hydrogens (primary N) is 1. The summed E-state index contributed by atoms with van der Waals surface area (Å²) in [5.41, 5.74) is 7.25. The number of sulfonamides is 1. The van der Waals surface area contributed by atoms with E-state index in [1.807, 2.05) is 6.07 Å². The van der Waals surface area contributed by atoms with Crippen LogP contribution in [0.3, 0.4) is 0 Å². The number of nitrogens with one attached hydrogen (secondary N) is 1. The molecule has 3 N–H and O–H groups in total. The Morgan fingerprint density at radius 2 is 1.86 bits per heavy atom. The lowest BCUT2D eigenvalue weighted by Crippen LogP contribution is -2.13. The molecule has 7 heteroatoms. The number of benzene rings is 2. The standard InChI is InChI=1S/C14H12BrN3O2S/c15-13-6-3-11(17)9-14(13)18-21(19,20)12-4-1-10(2-5-12)7-8-16/h1-6,9,18H,7,17H2. The summed E-state index contributed by atoms with van der Waals surface area (Å²) >= 11 is 3.27. The zero-order chi connectivity index (χ0) is 15.5. The molecule has 0 heterocycles. The fourth-order valence-corrected chi connectivity index (χ4v) is 3.25. The minimum atomic E-state index is -3.70. The summed E-state index contributed by atoms with van der Waals surface area (Å²) in [6.45, 7) is 0. The van der Waals surface area contributed by atoms with Crippen molar-refractivity contribution in [1.29, 1.82) is 5.26 Å². The molecule has 0 radical (unpaired) electrons. The first-order chi connectivity index (χ1) is 9.92. The Balaban J connectivity index is 2.30. The second-order valence-corrected chi connectivity index (χ2v) is 6.86. The predicted octanol–water partition coefficient (Wildman–Crippen LogP) is 2.90. The maximum Gasteiger partial charge on any atom is 0.261 e. The van der Waals surface area contributed by atoms with Crippen molar-refractivity contribution in [2.24, 2.45) is 0 Å². The molecule has 0 aromatic heterocycles. The molecule has 0 aliphatic heterocycles. The zero-order valence-corrected chi connectivity index (χ0v) is 13.3. The Hall–Kier alpha value is -2.04. The first-order valence-corrected chi connectivity index (χ1v) is 8.24.